The summed E-state index contributed by atoms with van der Waals surface area (Å²) in [6.45, 7) is 0. The van der Waals surface area contributed by atoms with E-state index < -0.39 is 11.7 Å². The van der Waals surface area contributed by atoms with Crippen LogP contribution in [0.3, 0.4) is 0 Å². The molecule has 0 unspecified atom stereocenters. The first kappa shape index (κ1) is 17.2. The van der Waals surface area contributed by atoms with Crippen LogP contribution in [-0.2, 0) is 0 Å². The summed E-state index contributed by atoms with van der Waals surface area (Å²) in [4.78, 5) is 12.6. The molecule has 3 nitrogen and oxygen atoms in total. The quantitative estimate of drug-likeness (QED) is 0.476. The molecule has 122 valence electrons. The first-order valence-electron chi connectivity index (χ1n) is 7.03. The summed E-state index contributed by atoms with van der Waals surface area (Å²) >= 11 is 5.50. The number of halogens is 3. The van der Waals surface area contributed by atoms with Crippen molar-refractivity contribution in [1.29, 1.82) is 0 Å². The topological polar surface area (TPSA) is 38.3 Å². The number of carbonyl (C=O) groups is 1. The molecule has 3 rings (SSSR count). The molecular weight excluding hydrogens is 488 g/mol. The summed E-state index contributed by atoms with van der Waals surface area (Å²) in [6.07, 6.45) is 0. The summed E-state index contributed by atoms with van der Waals surface area (Å²) < 4.78 is 20.8. The van der Waals surface area contributed by atoms with Crippen LogP contribution < -0.4 is 10.1 Å². The van der Waals surface area contributed by atoms with Gasteiger partial charge >= 0.3 is 0 Å². The minimum atomic E-state index is -0.478. The van der Waals surface area contributed by atoms with E-state index in [1.807, 2.05) is 46.9 Å². The summed E-state index contributed by atoms with van der Waals surface area (Å²) in [6, 6.07) is 14.0. The zero-order valence-electron chi connectivity index (χ0n) is 12.6. The monoisotopic (exact) mass is 499 g/mol. The van der Waals surface area contributed by atoms with E-state index in [4.69, 9.17) is 4.74 Å². The molecule has 0 aliphatic carbocycles. The van der Waals surface area contributed by atoms with E-state index in [0.29, 0.717) is 15.8 Å². The molecule has 0 heterocycles. The molecular formula is C18H12BrFINO2. The Labute approximate surface area is 160 Å². The predicted molar refractivity (Wildman–Crippen MR) is 105 cm³/mol. The lowest BCUT2D eigenvalue weighted by atomic mass is 10.1. The van der Waals surface area contributed by atoms with Gasteiger partial charge in [0, 0.05) is 3.57 Å². The lowest BCUT2D eigenvalue weighted by molar-refractivity contribution is 0.102. The number of hydrogen-bond donors (Lipinski definition) is 1. The van der Waals surface area contributed by atoms with Gasteiger partial charge in [-0.05, 0) is 73.6 Å². The largest absolute Gasteiger partial charge is 0.495 e. The molecule has 0 radical (unpaired) electrons. The Balaban J connectivity index is 2.06. The van der Waals surface area contributed by atoms with Crippen molar-refractivity contribution in [2.24, 2.45) is 0 Å². The number of methoxy groups -OCH3 is 1. The molecule has 6 heteroatoms. The number of amides is 1. The average Bonchev–Trinajstić information content (AvgIpc) is 2.57. The highest BCUT2D eigenvalue weighted by molar-refractivity contribution is 14.1. The molecule has 1 amide bonds. The van der Waals surface area contributed by atoms with Gasteiger partial charge in [0.1, 0.15) is 11.6 Å². The maximum atomic E-state index is 14.0. The van der Waals surface area contributed by atoms with Gasteiger partial charge in [0.2, 0.25) is 0 Å². The lowest BCUT2D eigenvalue weighted by Crippen LogP contribution is -2.14. The Hall–Kier alpha value is -1.67. The van der Waals surface area contributed by atoms with E-state index in [0.717, 1.165) is 14.3 Å². The molecule has 0 spiro atoms. The predicted octanol–water partition coefficient (Wildman–Crippen LogP) is 5.61. The number of ether oxygens (including phenoxy) is 1. The van der Waals surface area contributed by atoms with Crippen LogP contribution in [0, 0.1) is 9.39 Å². The van der Waals surface area contributed by atoms with Crippen molar-refractivity contribution in [2.45, 2.75) is 0 Å². The average molecular weight is 500 g/mol. The number of benzene rings is 3. The van der Waals surface area contributed by atoms with E-state index in [9.17, 15) is 9.18 Å². The molecule has 1 N–H and O–H groups in total. The first-order chi connectivity index (χ1) is 11.5. The van der Waals surface area contributed by atoms with Crippen molar-refractivity contribution < 1.29 is 13.9 Å². The molecule has 0 bridgehead atoms. The molecule has 0 aliphatic rings. The highest BCUT2D eigenvalue weighted by Gasteiger charge is 2.19. The number of nitrogens with one attached hydrogen (secondary N) is 1. The molecule has 0 fully saturated rings. The Kier molecular flexibility index (Phi) is 5.05. The maximum Gasteiger partial charge on any atom is 0.259 e. The smallest absolute Gasteiger partial charge is 0.259 e. The third kappa shape index (κ3) is 3.25. The molecule has 0 aliphatic heterocycles. The van der Waals surface area contributed by atoms with Crippen molar-refractivity contribution in [3.05, 3.63) is 68.0 Å². The fraction of sp³-hybridized carbons (Fsp3) is 0.0556. The van der Waals surface area contributed by atoms with Crippen LogP contribution in [0.2, 0.25) is 0 Å². The summed E-state index contributed by atoms with van der Waals surface area (Å²) in [7, 11) is 1.50. The van der Waals surface area contributed by atoms with Crippen LogP contribution in [0.1, 0.15) is 10.4 Å². The standard InChI is InChI=1S/C18H12BrFINO2/c1-24-17-13(8-10-4-2-3-5-12(10)16(17)19)18(23)22-15-7-6-11(21)9-14(15)20/h2-9H,1H3,(H,22,23). The molecule has 0 saturated heterocycles. The first-order valence-corrected chi connectivity index (χ1v) is 8.90. The van der Waals surface area contributed by atoms with Crippen LogP contribution in [-0.4, -0.2) is 13.0 Å². The van der Waals surface area contributed by atoms with Crippen LogP contribution >= 0.6 is 38.5 Å². The third-order valence-corrected chi connectivity index (χ3v) is 5.03. The number of fused-ring (bicyclic) bond motifs is 1. The van der Waals surface area contributed by atoms with E-state index in [-0.39, 0.29) is 5.69 Å². The molecule has 3 aromatic rings. The number of rotatable bonds is 3. The fourth-order valence-corrected chi connectivity index (χ4v) is 3.62. The molecule has 0 saturated carbocycles. The SMILES string of the molecule is COc1c(C(=O)Nc2ccc(I)cc2F)cc2ccccc2c1Br. The zero-order valence-corrected chi connectivity index (χ0v) is 16.3. The van der Waals surface area contributed by atoms with Gasteiger partial charge < -0.3 is 10.1 Å². The minimum absolute atomic E-state index is 0.131. The van der Waals surface area contributed by atoms with E-state index in [2.05, 4.69) is 21.2 Å². The van der Waals surface area contributed by atoms with Crippen molar-refractivity contribution in [1.82, 2.24) is 0 Å². The second-order valence-corrected chi connectivity index (χ2v) is 7.11. The van der Waals surface area contributed by atoms with Gasteiger partial charge in [-0.2, -0.15) is 0 Å². The van der Waals surface area contributed by atoms with Crippen LogP contribution in [0.15, 0.2) is 53.0 Å². The molecule has 3 aromatic carbocycles. The summed E-state index contributed by atoms with van der Waals surface area (Å²) in [5.74, 6) is -0.496. The van der Waals surface area contributed by atoms with E-state index >= 15 is 0 Å². The van der Waals surface area contributed by atoms with Gasteiger partial charge in [0.25, 0.3) is 5.91 Å². The van der Waals surface area contributed by atoms with Crippen LogP contribution in [0.5, 0.6) is 5.75 Å². The number of carbonyl (C=O) groups excluding carboxylic acids is 1. The van der Waals surface area contributed by atoms with Crippen LogP contribution in [0.4, 0.5) is 10.1 Å². The van der Waals surface area contributed by atoms with Crippen LogP contribution in [0.25, 0.3) is 10.8 Å². The summed E-state index contributed by atoms with van der Waals surface area (Å²) in [5, 5.41) is 4.43. The fourth-order valence-electron chi connectivity index (χ4n) is 2.43. The van der Waals surface area contributed by atoms with Gasteiger partial charge in [-0.15, -0.1) is 0 Å². The van der Waals surface area contributed by atoms with E-state index in [1.165, 1.54) is 19.2 Å². The van der Waals surface area contributed by atoms with Gasteiger partial charge in [-0.25, -0.2) is 4.39 Å². The van der Waals surface area contributed by atoms with Gasteiger partial charge in [-0.3, -0.25) is 4.79 Å². The van der Waals surface area contributed by atoms with Gasteiger partial charge in [0.15, 0.2) is 0 Å². The minimum Gasteiger partial charge on any atom is -0.495 e. The zero-order chi connectivity index (χ0) is 17.3. The van der Waals surface area contributed by atoms with E-state index in [1.54, 1.807) is 12.1 Å². The molecule has 0 atom stereocenters. The molecule has 0 aromatic heterocycles. The second-order valence-electron chi connectivity index (χ2n) is 5.07. The summed E-state index contributed by atoms with van der Waals surface area (Å²) in [5.41, 5.74) is 0.466. The van der Waals surface area contributed by atoms with Gasteiger partial charge in [0.05, 0.1) is 22.8 Å². The number of anilines is 1. The van der Waals surface area contributed by atoms with Crippen molar-refractivity contribution in [2.75, 3.05) is 12.4 Å². The Morgan fingerprint density at radius 3 is 2.67 bits per heavy atom. The van der Waals surface area contributed by atoms with Gasteiger partial charge in [-0.1, -0.05) is 24.3 Å². The normalized spacial score (nSPS) is 10.7. The van der Waals surface area contributed by atoms with Crippen molar-refractivity contribution >= 4 is 60.9 Å². The second kappa shape index (κ2) is 7.06. The number of hydrogen-bond acceptors (Lipinski definition) is 2. The Morgan fingerprint density at radius 2 is 1.96 bits per heavy atom. The van der Waals surface area contributed by atoms with Crippen molar-refractivity contribution in [3.8, 4) is 5.75 Å². The Bertz CT molecular complexity index is 946. The maximum absolute atomic E-state index is 14.0. The third-order valence-electron chi connectivity index (χ3n) is 3.57. The highest BCUT2D eigenvalue weighted by Crippen LogP contribution is 2.37. The highest BCUT2D eigenvalue weighted by atomic mass is 127. The molecule has 24 heavy (non-hydrogen) atoms. The lowest BCUT2D eigenvalue weighted by Gasteiger charge is -2.14. The Morgan fingerprint density at radius 1 is 1.21 bits per heavy atom. The van der Waals surface area contributed by atoms with Crippen molar-refractivity contribution in [3.63, 3.8) is 0 Å².